The molecule has 0 bridgehead atoms. The number of H-pyrrole nitrogens is 1. The Kier molecular flexibility index (Phi) is 21.5. The highest BCUT2D eigenvalue weighted by Crippen LogP contribution is 2.33. The van der Waals surface area contributed by atoms with Gasteiger partial charge in [0.15, 0.2) is 23.0 Å². The summed E-state index contributed by atoms with van der Waals surface area (Å²) in [5.41, 5.74) is 24.4. The number of aliphatic hydroxyl groups is 1. The third-order valence-corrected chi connectivity index (χ3v) is 16.2. The lowest BCUT2D eigenvalue weighted by atomic mass is 9.93. The molecule has 98 heavy (non-hydrogen) atoms. The SMILES string of the molecule is CC(CO)NCc1ccc(-c2cc(-c3nc(-c4ccc(=O)n(C(C)(C)C#N)c4)cnc3N)on2)cc1.CCC(CC)n1cc(-c2cnc(C)c(-c3cc(-c4cccc(C(C)(C)N)c4)no3)n2)ccc1=O.CNCc1ccc(-c2nnc(-c3nc(-c4ccc(=O)[nH]c4)cnc3C)o2)cc1.[HH].[HH].[HH].[HH]. The van der Waals surface area contributed by atoms with E-state index in [9.17, 15) is 19.6 Å². The van der Waals surface area contributed by atoms with Crippen LogP contribution in [-0.4, -0.2) is 89.3 Å². The van der Waals surface area contributed by atoms with E-state index in [1.807, 2.05) is 127 Å². The van der Waals surface area contributed by atoms with Gasteiger partial charge in [0.25, 0.3) is 17.0 Å². The molecular weight excluding hydrogens is 1240 g/mol. The number of rotatable bonds is 20. The van der Waals surface area contributed by atoms with E-state index < -0.39 is 11.1 Å². The van der Waals surface area contributed by atoms with E-state index in [4.69, 9.17) is 35.0 Å². The van der Waals surface area contributed by atoms with Crippen LogP contribution < -0.4 is 38.8 Å². The predicted octanol–water partition coefficient (Wildman–Crippen LogP) is 12.0. The standard InChI is InChI=1S/C27H31N5O2.C26H27N7O3.C20H18N6O2.4H2/c1-6-21(7-2)32-16-19(11-12-25(32)33)23-15-29-17(3)26(30-23)24-14-22(31-34-24)18-9-8-10-20(13-18)27(4,5)28;1-16(14-34)29-11-17-4-6-18(7-5-17)20-10-22(36-32-20)24-25(28)30-12-21(31-24)19-8-9-23(35)33(13-19)26(2,3)15-27;1-12-18(24-16(11-22-12)15-7-8-17(27)23-10-15)20-26-25-19(28-20)14-5-3-13(4-6-14)9-21-2;;;;/h8-16,21H,6-7,28H2,1-5H3;4-10,12-13,16,29,34H,11,14H2,1-3H3,(H2,28,30);3-8,10-11,21H,9H2,1-2H3,(H,23,27);4*1H. The Labute approximate surface area is 570 Å². The number of nitrogens with zero attached hydrogens (tertiary/aromatic N) is 13. The molecule has 1 unspecified atom stereocenters. The number of hydrogen-bond donors (Lipinski definition) is 6. The first-order chi connectivity index (χ1) is 47.1. The average Bonchev–Trinajstić information content (AvgIpc) is 1.38. The number of pyridine rings is 3. The smallest absolute Gasteiger partial charge is 0.268 e. The number of nitrogen functional groups attached to an aromatic ring is 1. The second kappa shape index (κ2) is 30.5. The molecule has 1 atom stereocenters. The Morgan fingerprint density at radius 3 is 1.82 bits per heavy atom. The van der Waals surface area contributed by atoms with Crippen molar-refractivity contribution >= 4 is 5.82 Å². The Bertz CT molecular complexity index is 4980. The third kappa shape index (κ3) is 16.4. The fourth-order valence-corrected chi connectivity index (χ4v) is 10.3. The number of aryl methyl sites for hydroxylation is 2. The van der Waals surface area contributed by atoms with E-state index in [2.05, 4.69) is 81.0 Å². The summed E-state index contributed by atoms with van der Waals surface area (Å²) in [6.07, 6.45) is 11.7. The highest BCUT2D eigenvalue weighted by atomic mass is 16.5. The van der Waals surface area contributed by atoms with Gasteiger partial charge >= 0.3 is 0 Å². The molecule has 3 aromatic carbocycles. The summed E-state index contributed by atoms with van der Waals surface area (Å²) < 4.78 is 20.2. The molecule has 0 fully saturated rings. The normalized spacial score (nSPS) is 11.8. The molecule has 0 aliphatic carbocycles. The minimum absolute atomic E-state index is 0. The van der Waals surface area contributed by atoms with Gasteiger partial charge in [-0.3, -0.25) is 28.9 Å². The van der Waals surface area contributed by atoms with Gasteiger partial charge in [-0.1, -0.05) is 78.8 Å². The van der Waals surface area contributed by atoms with E-state index >= 15 is 0 Å². The molecule has 0 saturated carbocycles. The maximum Gasteiger partial charge on any atom is 0.268 e. The zero-order chi connectivity index (χ0) is 69.8. The Balaban J connectivity index is 0.000000238. The van der Waals surface area contributed by atoms with Crippen LogP contribution in [0.15, 0.2) is 186 Å². The van der Waals surface area contributed by atoms with Crippen LogP contribution in [0.5, 0.6) is 0 Å². The number of aromatic amines is 1. The van der Waals surface area contributed by atoms with Crippen molar-refractivity contribution in [2.45, 2.75) is 111 Å². The summed E-state index contributed by atoms with van der Waals surface area (Å²) in [5, 5.41) is 41.7. The number of aromatic nitrogens is 13. The fourth-order valence-electron chi connectivity index (χ4n) is 10.3. The van der Waals surface area contributed by atoms with Crippen LogP contribution in [0.4, 0.5) is 5.82 Å². The van der Waals surface area contributed by atoms with Gasteiger partial charge in [-0.2, -0.15) is 5.26 Å². The van der Waals surface area contributed by atoms with Gasteiger partial charge in [0.05, 0.1) is 59.7 Å². The number of hydrogen-bond acceptors (Lipinski definition) is 22. The molecular formula is C73H84N18O7. The van der Waals surface area contributed by atoms with Crippen molar-refractivity contribution in [3.63, 3.8) is 0 Å². The monoisotopic (exact) mass is 1320 g/mol. The van der Waals surface area contributed by atoms with Crippen molar-refractivity contribution < 1.29 is 24.3 Å². The zero-order valence-electron chi connectivity index (χ0n) is 56.1. The molecule has 25 nitrogen and oxygen atoms in total. The minimum atomic E-state index is -1.03. The van der Waals surface area contributed by atoms with Gasteiger partial charge in [0, 0.05) is 119 Å². The van der Waals surface area contributed by atoms with Crippen molar-refractivity contribution in [3.8, 4) is 108 Å². The second-order valence-corrected chi connectivity index (χ2v) is 24.5. The molecule has 0 radical (unpaired) electrons. The number of benzene rings is 3. The number of aliphatic hydroxyl groups excluding tert-OH is 1. The maximum atomic E-state index is 12.4. The average molecular weight is 1330 g/mol. The third-order valence-electron chi connectivity index (χ3n) is 16.2. The molecule has 0 aliphatic rings. The molecule has 25 heteroatoms. The summed E-state index contributed by atoms with van der Waals surface area (Å²) in [6, 6.07) is 39.2. The summed E-state index contributed by atoms with van der Waals surface area (Å²) >= 11 is 0. The lowest BCUT2D eigenvalue weighted by Gasteiger charge is -2.19. The molecule has 9 heterocycles. The van der Waals surface area contributed by atoms with Crippen LogP contribution in [0.2, 0.25) is 0 Å². The Morgan fingerprint density at radius 2 is 1.19 bits per heavy atom. The summed E-state index contributed by atoms with van der Waals surface area (Å²) in [6.45, 7) is 18.6. The van der Waals surface area contributed by atoms with E-state index in [0.717, 1.165) is 64.0 Å². The molecule has 0 amide bonds. The minimum Gasteiger partial charge on any atom is -0.415 e. The number of nitrogens with two attached hydrogens (primary N) is 2. The van der Waals surface area contributed by atoms with Crippen molar-refractivity contribution in [1.29, 1.82) is 5.26 Å². The van der Waals surface area contributed by atoms with Crippen LogP contribution in [-0.2, 0) is 24.2 Å². The van der Waals surface area contributed by atoms with Crippen molar-refractivity contribution in [2.75, 3.05) is 19.4 Å². The van der Waals surface area contributed by atoms with Gasteiger partial charge in [0.2, 0.25) is 11.4 Å². The number of nitrogens with one attached hydrogen (secondary N) is 3. The van der Waals surface area contributed by atoms with Crippen LogP contribution in [0.25, 0.3) is 102 Å². The molecule has 12 rings (SSSR count). The highest BCUT2D eigenvalue weighted by Gasteiger charge is 2.24. The second-order valence-electron chi connectivity index (χ2n) is 24.5. The molecule has 508 valence electrons. The van der Waals surface area contributed by atoms with Crippen molar-refractivity contribution in [3.05, 3.63) is 218 Å². The molecule has 0 saturated heterocycles. The van der Waals surface area contributed by atoms with Crippen LogP contribution in [0, 0.1) is 25.2 Å². The largest absolute Gasteiger partial charge is 0.415 e. The van der Waals surface area contributed by atoms with Crippen molar-refractivity contribution in [1.82, 2.24) is 75.2 Å². The topological polar surface area (TPSA) is 365 Å². The zero-order valence-corrected chi connectivity index (χ0v) is 56.1. The molecule has 9 aromatic heterocycles. The summed E-state index contributed by atoms with van der Waals surface area (Å²) in [4.78, 5) is 65.8. The Hall–Kier alpha value is -11.6. The molecule has 12 aromatic rings. The van der Waals surface area contributed by atoms with E-state index in [1.54, 1.807) is 73.5 Å². The maximum absolute atomic E-state index is 12.4. The van der Waals surface area contributed by atoms with Gasteiger partial charge in [-0.25, -0.2) is 19.9 Å². The lowest BCUT2D eigenvalue weighted by molar-refractivity contribution is 0.251. The first kappa shape index (κ1) is 69.3. The quantitative estimate of drug-likeness (QED) is 0.0413. The van der Waals surface area contributed by atoms with Crippen LogP contribution in [0.3, 0.4) is 0 Å². The molecule has 0 spiro atoms. The summed E-state index contributed by atoms with van der Waals surface area (Å²) in [7, 11) is 1.91. The van der Waals surface area contributed by atoms with E-state index in [1.165, 1.54) is 28.5 Å². The van der Waals surface area contributed by atoms with E-state index in [0.29, 0.717) is 86.7 Å². The summed E-state index contributed by atoms with van der Waals surface area (Å²) in [5.74, 6) is 1.77. The van der Waals surface area contributed by atoms with E-state index in [-0.39, 0.29) is 46.9 Å². The molecule has 8 N–H and O–H groups in total. The number of anilines is 1. The first-order valence-corrected chi connectivity index (χ1v) is 31.8. The van der Waals surface area contributed by atoms with Gasteiger partial charge < -0.3 is 50.2 Å². The first-order valence-electron chi connectivity index (χ1n) is 31.8. The highest BCUT2D eigenvalue weighted by molar-refractivity contribution is 5.74. The van der Waals surface area contributed by atoms with Crippen molar-refractivity contribution in [2.24, 2.45) is 5.73 Å². The van der Waals surface area contributed by atoms with Crippen LogP contribution >= 0.6 is 0 Å². The fraction of sp³-hybridized carbons (Fsp3) is 0.260. The van der Waals surface area contributed by atoms with Gasteiger partial charge in [-0.05, 0) is 121 Å². The Morgan fingerprint density at radius 1 is 0.643 bits per heavy atom. The lowest BCUT2D eigenvalue weighted by Crippen LogP contribution is -2.34. The van der Waals surface area contributed by atoms with Gasteiger partial charge in [0.1, 0.15) is 28.3 Å². The van der Waals surface area contributed by atoms with Gasteiger partial charge in [-0.15, -0.1) is 10.2 Å². The molecule has 0 aliphatic heterocycles. The predicted molar refractivity (Wildman–Crippen MR) is 382 cm³/mol. The van der Waals surface area contributed by atoms with Crippen LogP contribution in [0.1, 0.15) is 101 Å². The number of nitriles is 1.